The summed E-state index contributed by atoms with van der Waals surface area (Å²) >= 11 is 3.47. The van der Waals surface area contributed by atoms with Crippen LogP contribution in [0.15, 0.2) is 22.7 Å². The molecule has 1 aromatic rings. The Morgan fingerprint density at radius 1 is 1.29 bits per heavy atom. The fourth-order valence-corrected chi connectivity index (χ4v) is 3.51. The van der Waals surface area contributed by atoms with Gasteiger partial charge in [-0.1, -0.05) is 22.0 Å². The van der Waals surface area contributed by atoms with Crippen LogP contribution in [0.1, 0.15) is 30.4 Å². The van der Waals surface area contributed by atoms with Crippen molar-refractivity contribution in [2.75, 3.05) is 6.54 Å². The second-order valence-electron chi connectivity index (χ2n) is 5.79. The van der Waals surface area contributed by atoms with Crippen LogP contribution >= 0.6 is 15.9 Å². The van der Waals surface area contributed by atoms with E-state index in [0.717, 1.165) is 35.8 Å². The molecule has 1 fully saturated rings. The van der Waals surface area contributed by atoms with E-state index in [1.807, 2.05) is 6.07 Å². The lowest BCUT2D eigenvalue weighted by atomic mass is 10.0. The number of Topliss-reactive ketones (excluding diaryl/α,β-unsaturated/α-hetero) is 1. The average molecular weight is 351 g/mol. The number of nitrogens with one attached hydrogen (secondary N) is 2. The molecule has 1 heterocycles. The van der Waals surface area contributed by atoms with Crippen molar-refractivity contribution in [1.29, 1.82) is 0 Å². The molecular formula is C16H19BrN2O2. The molecule has 1 saturated heterocycles. The molecule has 0 aromatic heterocycles. The Balaban J connectivity index is 1.74. The lowest BCUT2D eigenvalue weighted by Gasteiger charge is -2.19. The molecule has 3 rings (SSSR count). The number of ketones is 1. The van der Waals surface area contributed by atoms with Crippen molar-refractivity contribution in [3.63, 3.8) is 0 Å². The zero-order valence-electron chi connectivity index (χ0n) is 11.8. The third kappa shape index (κ3) is 3.35. The number of amides is 1. The summed E-state index contributed by atoms with van der Waals surface area (Å²) in [6, 6.07) is 5.60. The Hall–Kier alpha value is -1.20. The maximum atomic E-state index is 12.3. The van der Waals surface area contributed by atoms with Crippen LogP contribution in [-0.4, -0.2) is 30.3 Å². The third-order valence-corrected chi connectivity index (χ3v) is 4.81. The van der Waals surface area contributed by atoms with Gasteiger partial charge in [-0.15, -0.1) is 0 Å². The van der Waals surface area contributed by atoms with Crippen LogP contribution in [0.2, 0.25) is 0 Å². The van der Waals surface area contributed by atoms with Crippen LogP contribution in [-0.2, 0) is 22.4 Å². The lowest BCUT2D eigenvalue weighted by Crippen LogP contribution is -2.48. The van der Waals surface area contributed by atoms with Crippen molar-refractivity contribution in [3.05, 3.63) is 33.8 Å². The second kappa shape index (κ2) is 6.28. The van der Waals surface area contributed by atoms with Gasteiger partial charge in [0.1, 0.15) is 0 Å². The Labute approximate surface area is 132 Å². The molecule has 1 aromatic carbocycles. The molecule has 1 aliphatic heterocycles. The highest BCUT2D eigenvalue weighted by molar-refractivity contribution is 9.10. The maximum absolute atomic E-state index is 12.3. The first-order valence-corrected chi connectivity index (χ1v) is 8.26. The molecule has 5 heteroatoms. The Bertz CT molecular complexity index is 567. The van der Waals surface area contributed by atoms with E-state index in [-0.39, 0.29) is 17.7 Å². The molecule has 1 amide bonds. The Kier molecular flexibility index (Phi) is 4.40. The SMILES string of the molecule is O=C1CCc2ccc(Br)cc2CC1NC(=O)[C@@H]1CCCN1. The minimum Gasteiger partial charge on any atom is -0.345 e. The summed E-state index contributed by atoms with van der Waals surface area (Å²) in [5.41, 5.74) is 2.36. The van der Waals surface area contributed by atoms with Crippen LogP contribution in [0.3, 0.4) is 0 Å². The minimum absolute atomic E-state index is 0.0377. The predicted molar refractivity (Wildman–Crippen MR) is 84.1 cm³/mol. The summed E-state index contributed by atoms with van der Waals surface area (Å²) in [5.74, 6) is 0.0953. The fraction of sp³-hybridized carbons (Fsp3) is 0.500. The lowest BCUT2D eigenvalue weighted by molar-refractivity contribution is -0.128. The van der Waals surface area contributed by atoms with Gasteiger partial charge in [0.15, 0.2) is 5.78 Å². The zero-order valence-corrected chi connectivity index (χ0v) is 13.4. The Morgan fingerprint density at radius 3 is 2.90 bits per heavy atom. The van der Waals surface area contributed by atoms with Gasteiger partial charge in [0.25, 0.3) is 0 Å². The summed E-state index contributed by atoms with van der Waals surface area (Å²) in [5, 5.41) is 6.12. The molecule has 2 N–H and O–H groups in total. The van der Waals surface area contributed by atoms with E-state index in [0.29, 0.717) is 12.8 Å². The highest BCUT2D eigenvalue weighted by Crippen LogP contribution is 2.23. The zero-order chi connectivity index (χ0) is 14.8. The molecule has 0 bridgehead atoms. The van der Waals surface area contributed by atoms with Crippen LogP contribution in [0.4, 0.5) is 0 Å². The topological polar surface area (TPSA) is 58.2 Å². The van der Waals surface area contributed by atoms with E-state index in [1.165, 1.54) is 5.56 Å². The molecular weight excluding hydrogens is 332 g/mol. The van der Waals surface area contributed by atoms with Gasteiger partial charge in [-0.3, -0.25) is 9.59 Å². The summed E-state index contributed by atoms with van der Waals surface area (Å²) in [7, 11) is 0. The molecule has 21 heavy (non-hydrogen) atoms. The van der Waals surface area contributed by atoms with Crippen LogP contribution in [0.5, 0.6) is 0 Å². The predicted octanol–water partition coefficient (Wildman–Crippen LogP) is 1.74. The molecule has 1 unspecified atom stereocenters. The molecule has 0 spiro atoms. The molecule has 1 aliphatic carbocycles. The largest absolute Gasteiger partial charge is 0.345 e. The van der Waals surface area contributed by atoms with E-state index in [4.69, 9.17) is 0 Å². The van der Waals surface area contributed by atoms with E-state index >= 15 is 0 Å². The standard InChI is InChI=1S/C16H19BrN2O2/c17-12-5-3-10-4-6-15(20)14(9-11(10)8-12)19-16(21)13-2-1-7-18-13/h3,5,8,13-14,18H,1-2,4,6-7,9H2,(H,19,21)/t13-,14?/m0/s1. The van der Waals surface area contributed by atoms with Crippen LogP contribution in [0.25, 0.3) is 0 Å². The highest BCUT2D eigenvalue weighted by Gasteiger charge is 2.29. The first-order chi connectivity index (χ1) is 10.1. The highest BCUT2D eigenvalue weighted by atomic mass is 79.9. The summed E-state index contributed by atoms with van der Waals surface area (Å²) < 4.78 is 1.01. The van der Waals surface area contributed by atoms with Crippen molar-refractivity contribution < 1.29 is 9.59 Å². The number of aryl methyl sites for hydroxylation is 1. The maximum Gasteiger partial charge on any atom is 0.237 e. The van der Waals surface area contributed by atoms with Crippen molar-refractivity contribution in [1.82, 2.24) is 10.6 Å². The molecule has 0 radical (unpaired) electrons. The van der Waals surface area contributed by atoms with Crippen LogP contribution < -0.4 is 10.6 Å². The van der Waals surface area contributed by atoms with Crippen molar-refractivity contribution >= 4 is 27.6 Å². The van der Waals surface area contributed by atoms with Crippen molar-refractivity contribution in [3.8, 4) is 0 Å². The monoisotopic (exact) mass is 350 g/mol. The van der Waals surface area contributed by atoms with Crippen molar-refractivity contribution in [2.24, 2.45) is 0 Å². The summed E-state index contributed by atoms with van der Waals surface area (Å²) in [6.45, 7) is 0.881. The van der Waals surface area contributed by atoms with Crippen LogP contribution in [0, 0.1) is 0 Å². The van der Waals surface area contributed by atoms with Gasteiger partial charge in [0, 0.05) is 17.3 Å². The fourth-order valence-electron chi connectivity index (χ4n) is 3.11. The van der Waals surface area contributed by atoms with E-state index < -0.39 is 6.04 Å². The minimum atomic E-state index is -0.393. The molecule has 2 atom stereocenters. The number of carbonyl (C=O) groups is 2. The first-order valence-electron chi connectivity index (χ1n) is 7.47. The van der Waals surface area contributed by atoms with Gasteiger partial charge in [0.2, 0.25) is 5.91 Å². The van der Waals surface area contributed by atoms with Gasteiger partial charge in [-0.25, -0.2) is 0 Å². The quantitative estimate of drug-likeness (QED) is 0.798. The van der Waals surface area contributed by atoms with Gasteiger partial charge in [-0.05, 0) is 49.1 Å². The van der Waals surface area contributed by atoms with E-state index in [1.54, 1.807) is 0 Å². The second-order valence-corrected chi connectivity index (χ2v) is 6.71. The molecule has 2 aliphatic rings. The number of fused-ring (bicyclic) bond motifs is 1. The normalized spacial score (nSPS) is 25.3. The van der Waals surface area contributed by atoms with E-state index in [2.05, 4.69) is 38.7 Å². The van der Waals surface area contributed by atoms with Gasteiger partial charge >= 0.3 is 0 Å². The smallest absolute Gasteiger partial charge is 0.237 e. The van der Waals surface area contributed by atoms with Gasteiger partial charge in [0.05, 0.1) is 12.1 Å². The van der Waals surface area contributed by atoms with Crippen molar-refractivity contribution in [2.45, 2.75) is 44.2 Å². The average Bonchev–Trinajstić information content (AvgIpc) is 2.95. The Morgan fingerprint density at radius 2 is 2.14 bits per heavy atom. The molecule has 0 saturated carbocycles. The third-order valence-electron chi connectivity index (χ3n) is 4.32. The number of halogens is 1. The number of hydrogen-bond acceptors (Lipinski definition) is 3. The summed E-state index contributed by atoms with van der Waals surface area (Å²) in [6.07, 6.45) is 3.72. The van der Waals surface area contributed by atoms with Gasteiger partial charge in [-0.2, -0.15) is 0 Å². The van der Waals surface area contributed by atoms with E-state index in [9.17, 15) is 9.59 Å². The molecule has 112 valence electrons. The summed E-state index contributed by atoms with van der Waals surface area (Å²) in [4.78, 5) is 24.5. The number of benzene rings is 1. The number of rotatable bonds is 2. The van der Waals surface area contributed by atoms with Gasteiger partial charge < -0.3 is 10.6 Å². The number of hydrogen-bond donors (Lipinski definition) is 2. The number of carbonyl (C=O) groups excluding carboxylic acids is 2. The molecule has 4 nitrogen and oxygen atoms in total. The first kappa shape index (κ1) is 14.7.